The van der Waals surface area contributed by atoms with E-state index in [2.05, 4.69) is 20.3 Å². The predicted octanol–water partition coefficient (Wildman–Crippen LogP) is 4.79. The molecule has 2 aromatic heterocycles. The average Bonchev–Trinajstić information content (AvgIpc) is 3.04. The largest absolute Gasteiger partial charge is 0.416 e. The van der Waals surface area contributed by atoms with E-state index in [1.165, 1.54) is 18.5 Å². The van der Waals surface area contributed by atoms with E-state index in [9.17, 15) is 13.2 Å². The number of rotatable bonds is 3. The summed E-state index contributed by atoms with van der Waals surface area (Å²) in [6.45, 7) is 0. The lowest BCUT2D eigenvalue weighted by atomic mass is 10.1. The number of benzene rings is 2. The molecule has 0 aliphatic heterocycles. The molecule has 5 nitrogen and oxygen atoms in total. The van der Waals surface area contributed by atoms with Crippen LogP contribution in [0.25, 0.3) is 22.3 Å². The summed E-state index contributed by atoms with van der Waals surface area (Å²) in [6.07, 6.45) is -1.27. The summed E-state index contributed by atoms with van der Waals surface area (Å²) in [5.41, 5.74) is 2.95. The highest BCUT2D eigenvalue weighted by Gasteiger charge is 2.30. The van der Waals surface area contributed by atoms with Crippen molar-refractivity contribution in [1.82, 2.24) is 19.5 Å². The number of alkyl halides is 3. The number of aryl methyl sites for hydroxylation is 1. The second-order valence-electron chi connectivity index (χ2n) is 6.02. The first-order valence-corrected chi connectivity index (χ1v) is 8.08. The fourth-order valence-corrected chi connectivity index (χ4v) is 2.81. The van der Waals surface area contributed by atoms with Gasteiger partial charge in [0.2, 0.25) is 0 Å². The Morgan fingerprint density at radius 3 is 2.48 bits per heavy atom. The minimum Gasteiger partial charge on any atom is -0.338 e. The third-order valence-electron chi connectivity index (χ3n) is 4.19. The molecule has 0 spiro atoms. The SMILES string of the molecule is Cn1cnc2c(Nc3cc(-c4ccc(C(F)(F)F)cc4)ncn3)cccc21. The van der Waals surface area contributed by atoms with Crippen LogP contribution in [0.2, 0.25) is 0 Å². The van der Waals surface area contributed by atoms with Crippen molar-refractivity contribution in [2.24, 2.45) is 7.05 Å². The van der Waals surface area contributed by atoms with Gasteiger partial charge in [0.15, 0.2) is 0 Å². The fraction of sp³-hybridized carbons (Fsp3) is 0.105. The van der Waals surface area contributed by atoms with E-state index < -0.39 is 11.7 Å². The number of imidazole rings is 1. The van der Waals surface area contributed by atoms with Crippen LogP contribution >= 0.6 is 0 Å². The van der Waals surface area contributed by atoms with Crippen molar-refractivity contribution in [1.29, 1.82) is 0 Å². The summed E-state index contributed by atoms with van der Waals surface area (Å²) < 4.78 is 40.1. The van der Waals surface area contributed by atoms with E-state index in [0.29, 0.717) is 17.1 Å². The van der Waals surface area contributed by atoms with E-state index >= 15 is 0 Å². The van der Waals surface area contributed by atoms with Crippen LogP contribution in [0, 0.1) is 0 Å². The minimum atomic E-state index is -4.36. The number of fused-ring (bicyclic) bond motifs is 1. The maximum Gasteiger partial charge on any atom is 0.416 e. The first-order chi connectivity index (χ1) is 12.9. The molecule has 0 aliphatic rings. The summed E-state index contributed by atoms with van der Waals surface area (Å²) in [4.78, 5) is 12.7. The van der Waals surface area contributed by atoms with Gasteiger partial charge >= 0.3 is 6.18 Å². The number of hydrogen-bond acceptors (Lipinski definition) is 4. The molecule has 0 radical (unpaired) electrons. The Morgan fingerprint density at radius 1 is 0.963 bits per heavy atom. The molecule has 136 valence electrons. The van der Waals surface area contributed by atoms with E-state index in [1.54, 1.807) is 12.4 Å². The van der Waals surface area contributed by atoms with Crippen molar-refractivity contribution in [3.63, 3.8) is 0 Å². The zero-order valence-electron chi connectivity index (χ0n) is 14.2. The fourth-order valence-electron chi connectivity index (χ4n) is 2.81. The summed E-state index contributed by atoms with van der Waals surface area (Å²) >= 11 is 0. The Balaban J connectivity index is 1.64. The molecule has 8 heteroatoms. The number of aromatic nitrogens is 4. The second kappa shape index (κ2) is 6.39. The van der Waals surface area contributed by atoms with Gasteiger partial charge in [0, 0.05) is 18.7 Å². The first-order valence-electron chi connectivity index (χ1n) is 8.08. The average molecular weight is 369 g/mol. The quantitative estimate of drug-likeness (QED) is 0.564. The highest BCUT2D eigenvalue weighted by Crippen LogP contribution is 2.31. The van der Waals surface area contributed by atoms with E-state index in [1.807, 2.05) is 29.8 Å². The number of halogens is 3. The zero-order chi connectivity index (χ0) is 19.0. The van der Waals surface area contributed by atoms with Crippen LogP contribution in [-0.2, 0) is 13.2 Å². The smallest absolute Gasteiger partial charge is 0.338 e. The molecule has 1 N–H and O–H groups in total. The number of nitrogens with one attached hydrogen (secondary N) is 1. The molecule has 0 saturated heterocycles. The van der Waals surface area contributed by atoms with Gasteiger partial charge in [-0.1, -0.05) is 18.2 Å². The van der Waals surface area contributed by atoms with Gasteiger partial charge in [0.25, 0.3) is 0 Å². The van der Waals surface area contributed by atoms with Gasteiger partial charge in [-0.05, 0) is 24.3 Å². The van der Waals surface area contributed by atoms with Gasteiger partial charge in [-0.3, -0.25) is 0 Å². The summed E-state index contributed by atoms with van der Waals surface area (Å²) in [6, 6.07) is 12.3. The summed E-state index contributed by atoms with van der Waals surface area (Å²) in [5, 5.41) is 3.20. The molecule has 0 bridgehead atoms. The maximum atomic E-state index is 12.7. The summed E-state index contributed by atoms with van der Waals surface area (Å²) in [5.74, 6) is 0.526. The van der Waals surface area contributed by atoms with Gasteiger partial charge in [-0.15, -0.1) is 0 Å². The Morgan fingerprint density at radius 2 is 1.74 bits per heavy atom. The van der Waals surface area contributed by atoms with Crippen LogP contribution in [0.3, 0.4) is 0 Å². The molecule has 0 amide bonds. The predicted molar refractivity (Wildman–Crippen MR) is 96.5 cm³/mol. The molecule has 2 aromatic carbocycles. The third kappa shape index (κ3) is 3.33. The second-order valence-corrected chi connectivity index (χ2v) is 6.02. The van der Waals surface area contributed by atoms with Crippen molar-refractivity contribution in [2.45, 2.75) is 6.18 Å². The van der Waals surface area contributed by atoms with Crippen molar-refractivity contribution in [3.05, 3.63) is 66.7 Å². The summed E-state index contributed by atoms with van der Waals surface area (Å²) in [7, 11) is 1.91. The molecule has 0 aliphatic carbocycles. The van der Waals surface area contributed by atoms with Crippen LogP contribution < -0.4 is 5.32 Å². The van der Waals surface area contributed by atoms with Crippen LogP contribution in [0.1, 0.15) is 5.56 Å². The van der Waals surface area contributed by atoms with Crippen molar-refractivity contribution in [3.8, 4) is 11.3 Å². The van der Waals surface area contributed by atoms with Gasteiger partial charge < -0.3 is 9.88 Å². The molecule has 2 heterocycles. The lowest BCUT2D eigenvalue weighted by Gasteiger charge is -2.09. The maximum absolute atomic E-state index is 12.7. The van der Waals surface area contributed by atoms with Gasteiger partial charge in [0.05, 0.1) is 28.8 Å². The first kappa shape index (κ1) is 17.0. The number of hydrogen-bond donors (Lipinski definition) is 1. The molecule has 0 atom stereocenters. The Kier molecular flexibility index (Phi) is 4.02. The molecule has 0 saturated carbocycles. The molecule has 4 rings (SSSR count). The van der Waals surface area contributed by atoms with Crippen molar-refractivity contribution < 1.29 is 13.2 Å². The Hall–Kier alpha value is -3.42. The topological polar surface area (TPSA) is 55.6 Å². The van der Waals surface area contributed by atoms with Crippen LogP contribution in [0.4, 0.5) is 24.7 Å². The standard InChI is InChI=1S/C19H14F3N5/c1-27-11-25-18-14(3-2-4-16(18)27)26-17-9-15(23-10-24-17)12-5-7-13(8-6-12)19(20,21)22/h2-11H,1H3,(H,23,24,26). The Bertz CT molecular complexity index is 1100. The normalized spacial score (nSPS) is 11.7. The van der Waals surface area contributed by atoms with E-state index in [-0.39, 0.29) is 0 Å². The van der Waals surface area contributed by atoms with E-state index in [0.717, 1.165) is 28.9 Å². The molecular weight excluding hydrogens is 355 g/mol. The molecule has 0 fully saturated rings. The van der Waals surface area contributed by atoms with Crippen molar-refractivity contribution in [2.75, 3.05) is 5.32 Å². The minimum absolute atomic E-state index is 0.523. The van der Waals surface area contributed by atoms with Gasteiger partial charge in [0.1, 0.15) is 17.7 Å². The van der Waals surface area contributed by atoms with Crippen LogP contribution in [0.15, 0.2) is 61.2 Å². The molecule has 0 unspecified atom stereocenters. The lowest BCUT2D eigenvalue weighted by molar-refractivity contribution is -0.137. The van der Waals surface area contributed by atoms with E-state index in [4.69, 9.17) is 0 Å². The molecular formula is C19H14F3N5. The third-order valence-corrected chi connectivity index (χ3v) is 4.19. The lowest BCUT2D eigenvalue weighted by Crippen LogP contribution is -2.04. The van der Waals surface area contributed by atoms with Crippen LogP contribution in [0.5, 0.6) is 0 Å². The Labute approximate surface area is 152 Å². The van der Waals surface area contributed by atoms with Gasteiger partial charge in [-0.2, -0.15) is 13.2 Å². The van der Waals surface area contributed by atoms with Crippen molar-refractivity contribution >= 4 is 22.5 Å². The van der Waals surface area contributed by atoms with Crippen LogP contribution in [-0.4, -0.2) is 19.5 Å². The number of para-hydroxylation sites is 1. The number of nitrogens with zero attached hydrogens (tertiary/aromatic N) is 4. The number of anilines is 2. The van der Waals surface area contributed by atoms with Gasteiger partial charge in [-0.25, -0.2) is 15.0 Å². The molecule has 27 heavy (non-hydrogen) atoms. The molecule has 4 aromatic rings. The highest BCUT2D eigenvalue weighted by molar-refractivity contribution is 5.90. The zero-order valence-corrected chi connectivity index (χ0v) is 14.2. The highest BCUT2D eigenvalue weighted by atomic mass is 19.4. The monoisotopic (exact) mass is 369 g/mol.